The molecule has 0 saturated heterocycles. The predicted octanol–water partition coefficient (Wildman–Crippen LogP) is 4.81. The van der Waals surface area contributed by atoms with E-state index < -0.39 is 6.10 Å². The lowest BCUT2D eigenvalue weighted by Crippen LogP contribution is -2.44. The highest BCUT2D eigenvalue weighted by Crippen LogP contribution is 2.37. The molecule has 3 aromatic carbocycles. The van der Waals surface area contributed by atoms with Crippen LogP contribution in [-0.2, 0) is 4.79 Å². The summed E-state index contributed by atoms with van der Waals surface area (Å²) in [5.41, 5.74) is 1.49. The third kappa shape index (κ3) is 3.33. The van der Waals surface area contributed by atoms with Crippen LogP contribution >= 0.6 is 11.3 Å². The molecule has 150 valence electrons. The van der Waals surface area contributed by atoms with E-state index in [9.17, 15) is 4.79 Å². The van der Waals surface area contributed by atoms with E-state index in [0.717, 1.165) is 10.2 Å². The number of amides is 1. The number of ether oxygens (including phenoxy) is 3. The number of fused-ring (bicyclic) bond motifs is 2. The van der Waals surface area contributed by atoms with Crippen molar-refractivity contribution in [1.82, 2.24) is 4.98 Å². The van der Waals surface area contributed by atoms with E-state index in [1.54, 1.807) is 18.1 Å². The largest absolute Gasteiger partial charge is 0.497 e. The number of rotatable bonds is 4. The van der Waals surface area contributed by atoms with E-state index >= 15 is 0 Å². The molecule has 1 atom stereocenters. The van der Waals surface area contributed by atoms with Gasteiger partial charge in [0, 0.05) is 6.07 Å². The molecule has 5 rings (SSSR count). The summed E-state index contributed by atoms with van der Waals surface area (Å²) in [6.07, 6.45) is -0.793. The van der Waals surface area contributed by atoms with E-state index in [4.69, 9.17) is 19.2 Å². The summed E-state index contributed by atoms with van der Waals surface area (Å²) in [5.74, 6) is 1.58. The topological polar surface area (TPSA) is 60.9 Å². The molecular formula is C23H18N2O4S. The number of aromatic nitrogens is 1. The van der Waals surface area contributed by atoms with Crippen molar-refractivity contribution in [3.05, 3.63) is 72.8 Å². The number of thiazole rings is 1. The number of hydrogen-bond donors (Lipinski definition) is 0. The maximum Gasteiger partial charge on any atom is 0.278 e. The second-order valence-electron chi connectivity index (χ2n) is 6.70. The minimum atomic E-state index is -0.793. The maximum atomic E-state index is 13.6. The van der Waals surface area contributed by atoms with Crippen molar-refractivity contribution in [2.24, 2.45) is 0 Å². The lowest BCUT2D eigenvalue weighted by molar-refractivity contribution is -0.126. The molecule has 1 aromatic heterocycles. The molecule has 0 N–H and O–H groups in total. The maximum absolute atomic E-state index is 13.6. The summed E-state index contributed by atoms with van der Waals surface area (Å²) in [5, 5.41) is 0.567. The number of nitrogens with zero attached hydrogens (tertiary/aromatic N) is 2. The molecule has 0 saturated carbocycles. The summed E-state index contributed by atoms with van der Waals surface area (Å²) in [6.45, 7) is 0.126. The summed E-state index contributed by atoms with van der Waals surface area (Å²) in [7, 11) is 1.60. The van der Waals surface area contributed by atoms with Crippen LogP contribution in [0.15, 0.2) is 72.8 Å². The predicted molar refractivity (Wildman–Crippen MR) is 116 cm³/mol. The Morgan fingerprint density at radius 2 is 1.87 bits per heavy atom. The summed E-state index contributed by atoms with van der Waals surface area (Å²) >= 11 is 1.45. The van der Waals surface area contributed by atoms with E-state index in [2.05, 4.69) is 0 Å². The van der Waals surface area contributed by atoms with Crippen LogP contribution in [-0.4, -0.2) is 30.7 Å². The average molecular weight is 418 g/mol. The van der Waals surface area contributed by atoms with Crippen molar-refractivity contribution >= 4 is 38.3 Å². The standard InChI is InChI=1S/C23H18N2O4S/c1-27-16-8-6-7-15(13-16)25(23-24-17-9-2-5-12-21(17)30-23)22(26)20-14-28-18-10-3-4-11-19(18)29-20/h2-13,20H,14H2,1H3/t20-/m0/s1. The smallest absolute Gasteiger partial charge is 0.278 e. The van der Waals surface area contributed by atoms with Crippen LogP contribution in [0.4, 0.5) is 10.8 Å². The van der Waals surface area contributed by atoms with Gasteiger partial charge >= 0.3 is 0 Å². The van der Waals surface area contributed by atoms with Gasteiger partial charge in [-0.25, -0.2) is 4.98 Å². The monoisotopic (exact) mass is 418 g/mol. The molecule has 0 aliphatic carbocycles. The zero-order valence-electron chi connectivity index (χ0n) is 16.1. The van der Waals surface area contributed by atoms with Crippen molar-refractivity contribution in [1.29, 1.82) is 0 Å². The highest BCUT2D eigenvalue weighted by molar-refractivity contribution is 7.22. The van der Waals surface area contributed by atoms with Crippen LogP contribution in [0.1, 0.15) is 0 Å². The van der Waals surface area contributed by atoms with Crippen LogP contribution in [0, 0.1) is 0 Å². The van der Waals surface area contributed by atoms with Gasteiger partial charge in [-0.2, -0.15) is 0 Å². The fourth-order valence-corrected chi connectivity index (χ4v) is 4.31. The Bertz CT molecular complexity index is 1190. The van der Waals surface area contributed by atoms with Crippen LogP contribution in [0.25, 0.3) is 10.2 Å². The molecule has 0 radical (unpaired) electrons. The Kier molecular flexibility index (Phi) is 4.72. The first-order valence-electron chi connectivity index (χ1n) is 9.45. The fourth-order valence-electron chi connectivity index (χ4n) is 3.32. The minimum absolute atomic E-state index is 0.126. The number of para-hydroxylation sites is 3. The normalized spacial score (nSPS) is 15.0. The number of anilines is 2. The van der Waals surface area contributed by atoms with Gasteiger partial charge in [-0.05, 0) is 36.4 Å². The van der Waals surface area contributed by atoms with Gasteiger partial charge in [0.2, 0.25) is 6.10 Å². The fraction of sp³-hybridized carbons (Fsp3) is 0.130. The van der Waals surface area contributed by atoms with Crippen LogP contribution in [0.5, 0.6) is 17.2 Å². The Labute approximate surface area is 177 Å². The van der Waals surface area contributed by atoms with Gasteiger partial charge in [0.25, 0.3) is 5.91 Å². The second-order valence-corrected chi connectivity index (χ2v) is 7.71. The van der Waals surface area contributed by atoms with Crippen molar-refractivity contribution < 1.29 is 19.0 Å². The third-order valence-electron chi connectivity index (χ3n) is 4.79. The summed E-state index contributed by atoms with van der Waals surface area (Å²) in [6, 6.07) is 22.5. The van der Waals surface area contributed by atoms with E-state index in [1.165, 1.54) is 11.3 Å². The van der Waals surface area contributed by atoms with Crippen LogP contribution in [0.3, 0.4) is 0 Å². The first-order valence-corrected chi connectivity index (χ1v) is 10.3. The number of benzene rings is 3. The number of carbonyl (C=O) groups is 1. The van der Waals surface area contributed by atoms with Crippen molar-refractivity contribution in [2.45, 2.75) is 6.10 Å². The van der Waals surface area contributed by atoms with Crippen molar-refractivity contribution in [2.75, 3.05) is 18.6 Å². The van der Waals surface area contributed by atoms with Crippen molar-refractivity contribution in [3.63, 3.8) is 0 Å². The van der Waals surface area contributed by atoms with E-state index in [1.807, 2.05) is 66.7 Å². The molecule has 1 aliphatic heterocycles. The SMILES string of the molecule is COc1cccc(N(C(=O)[C@@H]2COc3ccccc3O2)c2nc3ccccc3s2)c1. The summed E-state index contributed by atoms with van der Waals surface area (Å²) < 4.78 is 18.1. The molecule has 1 amide bonds. The van der Waals surface area contributed by atoms with Gasteiger partial charge in [0.05, 0.1) is 23.0 Å². The zero-order valence-corrected chi connectivity index (χ0v) is 17.0. The quantitative estimate of drug-likeness (QED) is 0.476. The Hall–Kier alpha value is -3.58. The number of methoxy groups -OCH3 is 1. The average Bonchev–Trinajstić information content (AvgIpc) is 3.22. The van der Waals surface area contributed by atoms with Gasteiger partial charge in [-0.1, -0.05) is 41.7 Å². The van der Waals surface area contributed by atoms with Gasteiger partial charge in [-0.3, -0.25) is 9.69 Å². The lowest BCUT2D eigenvalue weighted by atomic mass is 10.2. The molecule has 0 unspecified atom stereocenters. The molecule has 2 heterocycles. The molecule has 0 spiro atoms. The van der Waals surface area contributed by atoms with Gasteiger partial charge < -0.3 is 14.2 Å². The van der Waals surface area contributed by atoms with Gasteiger partial charge in [-0.15, -0.1) is 0 Å². The summed E-state index contributed by atoms with van der Waals surface area (Å²) in [4.78, 5) is 19.9. The Morgan fingerprint density at radius 1 is 1.07 bits per heavy atom. The molecule has 6 nitrogen and oxygen atoms in total. The van der Waals surface area contributed by atoms with E-state index in [0.29, 0.717) is 28.1 Å². The highest BCUT2D eigenvalue weighted by atomic mass is 32.1. The molecular weight excluding hydrogens is 400 g/mol. The third-order valence-corrected chi connectivity index (χ3v) is 5.81. The van der Waals surface area contributed by atoms with Crippen molar-refractivity contribution in [3.8, 4) is 17.2 Å². The number of carbonyl (C=O) groups excluding carboxylic acids is 1. The van der Waals surface area contributed by atoms with Crippen LogP contribution < -0.4 is 19.1 Å². The number of hydrogen-bond acceptors (Lipinski definition) is 6. The first-order chi connectivity index (χ1) is 14.7. The second kappa shape index (κ2) is 7.68. The Balaban J connectivity index is 1.56. The molecule has 4 aromatic rings. The lowest BCUT2D eigenvalue weighted by Gasteiger charge is -2.29. The molecule has 0 bridgehead atoms. The molecule has 1 aliphatic rings. The van der Waals surface area contributed by atoms with Gasteiger partial charge in [0.15, 0.2) is 16.6 Å². The highest BCUT2D eigenvalue weighted by Gasteiger charge is 2.34. The van der Waals surface area contributed by atoms with Crippen LogP contribution in [0.2, 0.25) is 0 Å². The molecule has 30 heavy (non-hydrogen) atoms. The molecule has 7 heteroatoms. The first kappa shape index (κ1) is 18.4. The van der Waals surface area contributed by atoms with Gasteiger partial charge in [0.1, 0.15) is 12.4 Å². The Morgan fingerprint density at radius 3 is 2.70 bits per heavy atom. The van der Waals surface area contributed by atoms with E-state index in [-0.39, 0.29) is 12.5 Å². The zero-order chi connectivity index (χ0) is 20.5. The molecule has 0 fully saturated rings. The minimum Gasteiger partial charge on any atom is -0.497 e.